The Kier molecular flexibility index (Phi) is 3.64. The number of carboxylic acids is 1. The van der Waals surface area contributed by atoms with Gasteiger partial charge in [0.25, 0.3) is 0 Å². The fourth-order valence-electron chi connectivity index (χ4n) is 1.69. The van der Waals surface area contributed by atoms with Crippen LogP contribution in [0.25, 0.3) is 0 Å². The number of aryl methyl sites for hydroxylation is 1. The lowest BCUT2D eigenvalue weighted by Gasteiger charge is -2.09. The van der Waals surface area contributed by atoms with E-state index in [0.717, 1.165) is 18.3 Å². The van der Waals surface area contributed by atoms with Crippen LogP contribution in [0.1, 0.15) is 16.1 Å². The smallest absolute Gasteiger partial charge is 0.339 e. The largest absolute Gasteiger partial charge is 0.478 e. The second-order valence-electron chi connectivity index (χ2n) is 4.01. The molecule has 0 unspecified atom stereocenters. The first-order chi connectivity index (χ1) is 9.41. The molecular weight excluding hydrogens is 275 g/mol. The molecule has 0 saturated heterocycles. The number of nitrogens with zero attached hydrogens (tertiary/aromatic N) is 2. The van der Waals surface area contributed by atoms with Crippen molar-refractivity contribution < 1.29 is 23.1 Å². The first-order valence-corrected chi connectivity index (χ1v) is 5.53. The van der Waals surface area contributed by atoms with Gasteiger partial charge in [-0.2, -0.15) is 5.10 Å². The minimum atomic E-state index is -1.58. The van der Waals surface area contributed by atoms with Crippen LogP contribution in [0, 0.1) is 17.5 Å². The van der Waals surface area contributed by atoms with Crippen molar-refractivity contribution in [1.29, 1.82) is 0 Å². The number of benzene rings is 1. The van der Waals surface area contributed by atoms with Crippen LogP contribution in [-0.4, -0.2) is 20.9 Å². The standard InChI is InChI=1S/C12H10F3N3O2/c1-18-9(6(4-17-18)12(19)20)5-16-8-3-2-7(13)10(14)11(8)15/h2-4,16H,5H2,1H3,(H,19,20). The normalized spacial score (nSPS) is 10.6. The first kappa shape index (κ1) is 13.9. The molecule has 1 aromatic carbocycles. The second kappa shape index (κ2) is 5.24. The van der Waals surface area contributed by atoms with Crippen LogP contribution in [0.15, 0.2) is 18.3 Å². The van der Waals surface area contributed by atoms with Crippen LogP contribution >= 0.6 is 0 Å². The molecule has 0 spiro atoms. The maximum absolute atomic E-state index is 13.4. The molecule has 0 saturated carbocycles. The zero-order chi connectivity index (χ0) is 14.9. The Morgan fingerprint density at radius 3 is 2.70 bits per heavy atom. The van der Waals surface area contributed by atoms with Gasteiger partial charge >= 0.3 is 5.97 Å². The molecule has 1 aromatic heterocycles. The van der Waals surface area contributed by atoms with E-state index in [1.165, 1.54) is 11.7 Å². The molecular formula is C12H10F3N3O2. The zero-order valence-electron chi connectivity index (χ0n) is 10.3. The van der Waals surface area contributed by atoms with Crippen LogP contribution in [0.3, 0.4) is 0 Å². The molecule has 5 nitrogen and oxygen atoms in total. The topological polar surface area (TPSA) is 67.2 Å². The Labute approximate surface area is 111 Å². The van der Waals surface area contributed by atoms with Crippen molar-refractivity contribution in [3.05, 3.63) is 47.0 Å². The molecule has 0 amide bonds. The monoisotopic (exact) mass is 285 g/mol. The maximum atomic E-state index is 13.4. The van der Waals surface area contributed by atoms with Crippen LogP contribution in [0.4, 0.5) is 18.9 Å². The summed E-state index contributed by atoms with van der Waals surface area (Å²) in [6, 6.07) is 1.81. The summed E-state index contributed by atoms with van der Waals surface area (Å²) < 4.78 is 40.5. The van der Waals surface area contributed by atoms with Gasteiger partial charge in [-0.25, -0.2) is 18.0 Å². The number of hydrogen-bond acceptors (Lipinski definition) is 3. The number of carbonyl (C=O) groups is 1. The average Bonchev–Trinajstić information content (AvgIpc) is 2.77. The predicted molar refractivity (Wildman–Crippen MR) is 63.8 cm³/mol. The molecule has 8 heteroatoms. The summed E-state index contributed by atoms with van der Waals surface area (Å²) in [7, 11) is 1.52. The van der Waals surface area contributed by atoms with Crippen LogP contribution in [-0.2, 0) is 13.6 Å². The highest BCUT2D eigenvalue weighted by Crippen LogP contribution is 2.20. The van der Waals surface area contributed by atoms with Crippen LogP contribution < -0.4 is 5.32 Å². The zero-order valence-corrected chi connectivity index (χ0v) is 10.3. The maximum Gasteiger partial charge on any atom is 0.339 e. The van der Waals surface area contributed by atoms with Gasteiger partial charge in [0.1, 0.15) is 5.56 Å². The molecule has 0 aliphatic heterocycles. The van der Waals surface area contributed by atoms with E-state index in [0.29, 0.717) is 0 Å². The van der Waals surface area contributed by atoms with Crippen molar-refractivity contribution in [2.75, 3.05) is 5.32 Å². The van der Waals surface area contributed by atoms with E-state index >= 15 is 0 Å². The van der Waals surface area contributed by atoms with E-state index in [1.54, 1.807) is 0 Å². The molecule has 2 N–H and O–H groups in total. The molecule has 20 heavy (non-hydrogen) atoms. The highest BCUT2D eigenvalue weighted by atomic mass is 19.2. The molecule has 0 radical (unpaired) electrons. The molecule has 0 aliphatic rings. The van der Waals surface area contributed by atoms with Gasteiger partial charge in [-0.1, -0.05) is 0 Å². The highest BCUT2D eigenvalue weighted by molar-refractivity contribution is 5.88. The number of halogens is 3. The van der Waals surface area contributed by atoms with E-state index < -0.39 is 23.4 Å². The van der Waals surface area contributed by atoms with Crippen molar-refractivity contribution in [3.63, 3.8) is 0 Å². The number of aromatic carboxylic acids is 1. The third-order valence-corrected chi connectivity index (χ3v) is 2.77. The lowest BCUT2D eigenvalue weighted by atomic mass is 10.2. The molecule has 0 fully saturated rings. The Bertz CT molecular complexity index is 670. The predicted octanol–water partition coefficient (Wildman–Crippen LogP) is 2.15. The van der Waals surface area contributed by atoms with E-state index in [1.807, 2.05) is 0 Å². The molecule has 0 aliphatic carbocycles. The summed E-state index contributed by atoms with van der Waals surface area (Å²) >= 11 is 0. The van der Waals surface area contributed by atoms with Gasteiger partial charge in [-0.3, -0.25) is 4.68 Å². The van der Waals surface area contributed by atoms with E-state index in [4.69, 9.17) is 5.11 Å². The summed E-state index contributed by atoms with van der Waals surface area (Å²) in [5, 5.41) is 15.2. The van der Waals surface area contributed by atoms with E-state index in [9.17, 15) is 18.0 Å². The Balaban J connectivity index is 2.24. The number of anilines is 1. The number of hydrogen-bond donors (Lipinski definition) is 2. The molecule has 2 rings (SSSR count). The lowest BCUT2D eigenvalue weighted by molar-refractivity contribution is 0.0695. The summed E-state index contributed by atoms with van der Waals surface area (Å²) in [4.78, 5) is 10.9. The van der Waals surface area contributed by atoms with Crippen molar-refractivity contribution in [1.82, 2.24) is 9.78 Å². The van der Waals surface area contributed by atoms with Gasteiger partial charge in [0, 0.05) is 7.05 Å². The number of carboxylic acid groups (broad SMARTS) is 1. The number of nitrogens with one attached hydrogen (secondary N) is 1. The summed E-state index contributed by atoms with van der Waals surface area (Å²) in [5.41, 5.74) is -0.0361. The van der Waals surface area contributed by atoms with Gasteiger partial charge in [0.2, 0.25) is 0 Å². The first-order valence-electron chi connectivity index (χ1n) is 5.53. The SMILES string of the molecule is Cn1ncc(C(=O)O)c1CNc1ccc(F)c(F)c1F. The van der Waals surface area contributed by atoms with Gasteiger partial charge in [-0.05, 0) is 12.1 Å². The second-order valence-corrected chi connectivity index (χ2v) is 4.01. The molecule has 2 aromatic rings. The highest BCUT2D eigenvalue weighted by Gasteiger charge is 2.17. The molecule has 106 valence electrons. The average molecular weight is 285 g/mol. The summed E-state index contributed by atoms with van der Waals surface area (Å²) in [5.74, 6) is -5.41. The van der Waals surface area contributed by atoms with Gasteiger partial charge in [0.15, 0.2) is 17.5 Å². The van der Waals surface area contributed by atoms with Crippen molar-refractivity contribution >= 4 is 11.7 Å². The van der Waals surface area contributed by atoms with Crippen LogP contribution in [0.5, 0.6) is 0 Å². The third-order valence-electron chi connectivity index (χ3n) is 2.77. The quantitative estimate of drug-likeness (QED) is 0.845. The minimum Gasteiger partial charge on any atom is -0.478 e. The molecule has 0 atom stereocenters. The lowest BCUT2D eigenvalue weighted by Crippen LogP contribution is -2.11. The number of aromatic nitrogens is 2. The molecule has 0 bridgehead atoms. The van der Waals surface area contributed by atoms with E-state index in [-0.39, 0.29) is 23.5 Å². The summed E-state index contributed by atoms with van der Waals surface area (Å²) in [6.07, 6.45) is 1.15. The summed E-state index contributed by atoms with van der Waals surface area (Å²) in [6.45, 7) is -0.0971. The van der Waals surface area contributed by atoms with Gasteiger partial charge in [-0.15, -0.1) is 0 Å². The van der Waals surface area contributed by atoms with Gasteiger partial charge < -0.3 is 10.4 Å². The van der Waals surface area contributed by atoms with Crippen molar-refractivity contribution in [3.8, 4) is 0 Å². The Hall–Kier alpha value is -2.51. The Morgan fingerprint density at radius 2 is 2.05 bits per heavy atom. The van der Waals surface area contributed by atoms with Crippen molar-refractivity contribution in [2.24, 2.45) is 7.05 Å². The number of rotatable bonds is 4. The molecule has 1 heterocycles. The minimum absolute atomic E-state index is 0.0528. The third kappa shape index (κ3) is 2.44. The van der Waals surface area contributed by atoms with Crippen LogP contribution in [0.2, 0.25) is 0 Å². The van der Waals surface area contributed by atoms with Gasteiger partial charge in [0.05, 0.1) is 24.1 Å². The Morgan fingerprint density at radius 1 is 1.35 bits per heavy atom. The van der Waals surface area contributed by atoms with E-state index in [2.05, 4.69) is 10.4 Å². The fourth-order valence-corrected chi connectivity index (χ4v) is 1.69. The van der Waals surface area contributed by atoms with Crippen molar-refractivity contribution in [2.45, 2.75) is 6.54 Å². The fraction of sp³-hybridized carbons (Fsp3) is 0.167.